The van der Waals surface area contributed by atoms with Gasteiger partial charge in [0.2, 0.25) is 0 Å². The Labute approximate surface area is 110 Å². The maximum absolute atomic E-state index is 11.9. The van der Waals surface area contributed by atoms with Crippen LogP contribution in [0.25, 0.3) is 0 Å². The van der Waals surface area contributed by atoms with Gasteiger partial charge in [-0.05, 0) is 0 Å². The van der Waals surface area contributed by atoms with Crippen LogP contribution in [-0.2, 0) is 0 Å². The third-order valence-electron chi connectivity index (χ3n) is 2.41. The van der Waals surface area contributed by atoms with Gasteiger partial charge in [0.15, 0.2) is 0 Å². The van der Waals surface area contributed by atoms with Crippen molar-refractivity contribution in [3.63, 3.8) is 0 Å². The molecule has 1 N–H and O–H groups in total. The third-order valence-corrected chi connectivity index (χ3v) is 3.03. The number of nitrogens with one attached hydrogen (secondary N) is 1. The molecule has 0 spiro atoms. The number of rotatable bonds is 2. The fraction of sp³-hybridized carbons (Fsp3) is 0.0714. The molecule has 0 bridgehead atoms. The van der Waals surface area contributed by atoms with Gasteiger partial charge in [-0.3, -0.25) is 0 Å². The quantitative estimate of drug-likeness (QED) is 0.841. The van der Waals surface area contributed by atoms with Gasteiger partial charge in [-0.1, -0.05) is 0 Å². The van der Waals surface area contributed by atoms with Crippen molar-refractivity contribution < 1.29 is 4.79 Å². The Hall–Kier alpha value is -1.53. The van der Waals surface area contributed by atoms with Gasteiger partial charge in [0, 0.05) is 0 Å². The number of amides is 1. The van der Waals surface area contributed by atoms with Gasteiger partial charge >= 0.3 is 109 Å². The molecule has 2 aromatic carbocycles. The average molecular weight is 285 g/mol. The first-order valence-electron chi connectivity index (χ1n) is 5.32. The minimum absolute atomic E-state index is 0.0768. The molecule has 0 aromatic heterocycles. The van der Waals surface area contributed by atoms with Gasteiger partial charge in [-0.15, -0.1) is 0 Å². The molecule has 2 aromatic rings. The normalized spacial score (nSPS) is 10.0. The Morgan fingerprint density at radius 1 is 1.12 bits per heavy atom. The fourth-order valence-electron chi connectivity index (χ4n) is 1.53. The summed E-state index contributed by atoms with van der Waals surface area (Å²) in [6.45, 7) is 1.97. The van der Waals surface area contributed by atoms with Gasteiger partial charge in [-0.2, -0.15) is 0 Å². The number of hydrogen-bond acceptors (Lipinski definition) is 1. The van der Waals surface area contributed by atoms with E-state index in [1.165, 1.54) is 0 Å². The molecule has 84 valence electrons. The van der Waals surface area contributed by atoms with Gasteiger partial charge < -0.3 is 0 Å². The topological polar surface area (TPSA) is 29.1 Å². The molecule has 1 amide bonds. The van der Waals surface area contributed by atoms with Crippen molar-refractivity contribution in [2.75, 3.05) is 5.32 Å². The Bertz CT molecular complexity index is 534. The van der Waals surface area contributed by atoms with Gasteiger partial charge in [-0.25, -0.2) is 0 Å². The summed E-state index contributed by atoms with van der Waals surface area (Å²) >= 11 is 2.46. The Kier molecular flexibility index (Phi) is 3.65. The summed E-state index contributed by atoms with van der Waals surface area (Å²) in [5.41, 5.74) is 2.58. The average Bonchev–Trinajstić information content (AvgIpc) is 2.32. The molecule has 0 aliphatic heterocycles. The second-order valence-corrected chi connectivity index (χ2v) is 4.95. The number of anilines is 1. The first-order chi connectivity index (χ1) is 8.15. The SMILES string of the molecule is Cc1cccc(C(=O)Nc2ccc([As])cc2)c1. The Balaban J connectivity index is 2.14. The summed E-state index contributed by atoms with van der Waals surface area (Å²) in [4.78, 5) is 11.9. The number of aryl methyl sites for hydroxylation is 1. The molecule has 2 nitrogen and oxygen atoms in total. The second-order valence-electron chi connectivity index (χ2n) is 3.87. The molecule has 3 heteroatoms. The van der Waals surface area contributed by atoms with Crippen LogP contribution in [0.2, 0.25) is 0 Å². The number of benzene rings is 2. The number of carbonyl (C=O) groups excluding carboxylic acids is 1. The molecule has 2 radical (unpaired) electrons. The summed E-state index contributed by atoms with van der Waals surface area (Å²) in [6.07, 6.45) is 0. The van der Waals surface area contributed by atoms with Crippen molar-refractivity contribution in [2.24, 2.45) is 0 Å². The predicted octanol–water partition coefficient (Wildman–Crippen LogP) is 2.04. The summed E-state index contributed by atoms with van der Waals surface area (Å²) in [7, 11) is 0. The van der Waals surface area contributed by atoms with Crippen LogP contribution in [0.15, 0.2) is 48.5 Å². The van der Waals surface area contributed by atoms with E-state index in [1.807, 2.05) is 55.5 Å². The predicted molar refractivity (Wildman–Crippen MR) is 71.0 cm³/mol. The van der Waals surface area contributed by atoms with Crippen LogP contribution in [-0.4, -0.2) is 22.8 Å². The van der Waals surface area contributed by atoms with E-state index >= 15 is 0 Å². The van der Waals surface area contributed by atoms with E-state index in [9.17, 15) is 4.79 Å². The van der Waals surface area contributed by atoms with E-state index in [-0.39, 0.29) is 5.91 Å². The number of carbonyl (C=O) groups is 1. The molecule has 0 fully saturated rings. The van der Waals surface area contributed by atoms with E-state index in [4.69, 9.17) is 0 Å². The van der Waals surface area contributed by atoms with Crippen molar-refractivity contribution in [1.82, 2.24) is 0 Å². The van der Waals surface area contributed by atoms with Gasteiger partial charge in [0.05, 0.1) is 0 Å². The zero-order valence-corrected chi connectivity index (χ0v) is 11.4. The molecule has 0 atom stereocenters. The van der Waals surface area contributed by atoms with Crippen molar-refractivity contribution in [3.8, 4) is 0 Å². The monoisotopic (exact) mass is 285 g/mol. The molecule has 2 rings (SSSR count). The zero-order chi connectivity index (χ0) is 12.3. The van der Waals surface area contributed by atoms with Crippen LogP contribution in [0.5, 0.6) is 0 Å². The van der Waals surface area contributed by atoms with Crippen molar-refractivity contribution >= 4 is 32.8 Å². The minimum atomic E-state index is -0.0768. The molecule has 0 aliphatic carbocycles. The fourth-order valence-corrected chi connectivity index (χ4v) is 1.85. The molecule has 0 unspecified atom stereocenters. The second kappa shape index (κ2) is 5.20. The molecule has 0 aliphatic rings. The van der Waals surface area contributed by atoms with E-state index in [0.29, 0.717) is 5.56 Å². The van der Waals surface area contributed by atoms with Crippen molar-refractivity contribution in [3.05, 3.63) is 59.7 Å². The first-order valence-corrected chi connectivity index (χ1v) is 6.26. The molecule has 17 heavy (non-hydrogen) atoms. The van der Waals surface area contributed by atoms with Crippen molar-refractivity contribution in [1.29, 1.82) is 0 Å². The van der Waals surface area contributed by atoms with E-state index < -0.39 is 0 Å². The third kappa shape index (κ3) is 3.21. The van der Waals surface area contributed by atoms with Gasteiger partial charge in [0.1, 0.15) is 0 Å². The van der Waals surface area contributed by atoms with E-state index in [1.54, 1.807) is 0 Å². The summed E-state index contributed by atoms with van der Waals surface area (Å²) in [6, 6.07) is 15.2. The van der Waals surface area contributed by atoms with Gasteiger partial charge in [0.25, 0.3) is 0 Å². The van der Waals surface area contributed by atoms with Crippen LogP contribution in [0.3, 0.4) is 0 Å². The summed E-state index contributed by atoms with van der Waals surface area (Å²) in [5.74, 6) is -0.0768. The Morgan fingerprint density at radius 3 is 2.47 bits per heavy atom. The summed E-state index contributed by atoms with van der Waals surface area (Å²) < 4.78 is 1.12. The van der Waals surface area contributed by atoms with E-state index in [0.717, 1.165) is 15.6 Å². The maximum atomic E-state index is 11.9. The van der Waals surface area contributed by atoms with Crippen LogP contribution in [0.4, 0.5) is 5.69 Å². The van der Waals surface area contributed by atoms with E-state index in [2.05, 4.69) is 22.2 Å². The van der Waals surface area contributed by atoms with Crippen LogP contribution >= 0.6 is 0 Å². The Morgan fingerprint density at radius 2 is 1.82 bits per heavy atom. The van der Waals surface area contributed by atoms with Crippen molar-refractivity contribution in [2.45, 2.75) is 6.92 Å². The van der Waals surface area contributed by atoms with Crippen LogP contribution in [0.1, 0.15) is 15.9 Å². The standard InChI is InChI=1S/C14H12AsNO/c1-10-3-2-4-11(9-10)14(17)16-13-7-5-12(15)6-8-13/h2-9H,1H3,(H,16,17). The first kappa shape index (κ1) is 11.9. The summed E-state index contributed by atoms with van der Waals surface area (Å²) in [5, 5.41) is 2.87. The van der Waals surface area contributed by atoms with Crippen LogP contribution in [0, 0.1) is 6.92 Å². The number of hydrogen-bond donors (Lipinski definition) is 1. The molecular formula is C14H12AsNO. The van der Waals surface area contributed by atoms with Crippen LogP contribution < -0.4 is 9.67 Å². The zero-order valence-electron chi connectivity index (χ0n) is 9.47. The molecular weight excluding hydrogens is 273 g/mol. The molecule has 0 saturated carbocycles. The molecule has 0 saturated heterocycles. The molecule has 0 heterocycles.